The summed E-state index contributed by atoms with van der Waals surface area (Å²) in [6, 6.07) is 1.83. The Hall–Kier alpha value is -1.99. The maximum absolute atomic E-state index is 13.0. The monoisotopic (exact) mass is 282 g/mol. The first-order valence-electron chi connectivity index (χ1n) is 5.82. The molecule has 0 spiro atoms. The normalized spacial score (nSPS) is 13.2. The van der Waals surface area contributed by atoms with Gasteiger partial charge in [-0.05, 0) is 24.1 Å². The van der Waals surface area contributed by atoms with Crippen molar-refractivity contribution < 1.29 is 13.2 Å². The molecule has 4 nitrogen and oxygen atoms in total. The molecule has 0 fully saturated rings. The van der Waals surface area contributed by atoms with Gasteiger partial charge in [0.1, 0.15) is 0 Å². The van der Waals surface area contributed by atoms with E-state index in [2.05, 4.69) is 15.4 Å². The summed E-state index contributed by atoms with van der Waals surface area (Å²) in [6.45, 7) is 1.80. The molecular weight excluding hydrogens is 269 g/mol. The third kappa shape index (κ3) is 2.94. The van der Waals surface area contributed by atoms with Gasteiger partial charge in [-0.3, -0.25) is 15.8 Å². The molecule has 0 saturated carbocycles. The number of nitrogens with two attached hydrogens (primary N) is 1. The summed E-state index contributed by atoms with van der Waals surface area (Å²) >= 11 is 0. The molecule has 0 radical (unpaired) electrons. The number of rotatable bonds is 3. The van der Waals surface area contributed by atoms with E-state index in [1.807, 2.05) is 0 Å². The molecule has 0 amide bonds. The standard InChI is InChI=1S/C13H13F3N4/c1-8-4-9(6-19-5-8)12(20-17)10-7-18-3-2-11(10)13(14,15)16/h2-7,12,20H,17H2,1H3. The van der Waals surface area contributed by atoms with E-state index in [1.165, 1.54) is 6.20 Å². The quantitative estimate of drug-likeness (QED) is 0.670. The molecule has 2 aromatic rings. The summed E-state index contributed by atoms with van der Waals surface area (Å²) in [5.74, 6) is 5.43. The van der Waals surface area contributed by atoms with Gasteiger partial charge in [0.05, 0.1) is 11.6 Å². The van der Waals surface area contributed by atoms with Gasteiger partial charge in [0.25, 0.3) is 0 Å². The predicted molar refractivity (Wildman–Crippen MR) is 67.4 cm³/mol. The van der Waals surface area contributed by atoms with E-state index in [9.17, 15) is 13.2 Å². The summed E-state index contributed by atoms with van der Waals surface area (Å²) in [6.07, 6.45) is 0.893. The number of nitrogens with one attached hydrogen (secondary N) is 1. The average Bonchev–Trinajstić information content (AvgIpc) is 2.39. The molecule has 1 unspecified atom stereocenters. The summed E-state index contributed by atoms with van der Waals surface area (Å²) < 4.78 is 39.1. The van der Waals surface area contributed by atoms with Gasteiger partial charge in [-0.25, -0.2) is 5.43 Å². The molecule has 106 valence electrons. The van der Waals surface area contributed by atoms with Gasteiger partial charge in [-0.1, -0.05) is 6.07 Å². The van der Waals surface area contributed by atoms with E-state index < -0.39 is 17.8 Å². The molecule has 2 rings (SSSR count). The molecule has 0 aliphatic carbocycles. The Morgan fingerprint density at radius 3 is 2.55 bits per heavy atom. The minimum Gasteiger partial charge on any atom is -0.271 e. The van der Waals surface area contributed by atoms with Crippen LogP contribution in [0.4, 0.5) is 13.2 Å². The van der Waals surface area contributed by atoms with E-state index in [0.29, 0.717) is 5.56 Å². The van der Waals surface area contributed by atoms with Crippen molar-refractivity contribution in [1.29, 1.82) is 0 Å². The fraction of sp³-hybridized carbons (Fsp3) is 0.231. The lowest BCUT2D eigenvalue weighted by Crippen LogP contribution is -2.31. The lowest BCUT2D eigenvalue weighted by atomic mass is 9.97. The highest BCUT2D eigenvalue weighted by Gasteiger charge is 2.35. The van der Waals surface area contributed by atoms with Crippen molar-refractivity contribution in [2.45, 2.75) is 19.1 Å². The molecule has 0 aromatic carbocycles. The van der Waals surface area contributed by atoms with Crippen LogP contribution in [0, 0.1) is 6.92 Å². The molecule has 2 heterocycles. The van der Waals surface area contributed by atoms with Crippen molar-refractivity contribution in [2.75, 3.05) is 0 Å². The lowest BCUT2D eigenvalue weighted by Gasteiger charge is -2.20. The van der Waals surface area contributed by atoms with Crippen LogP contribution in [-0.2, 0) is 6.18 Å². The minimum atomic E-state index is -4.47. The van der Waals surface area contributed by atoms with Gasteiger partial charge in [0.2, 0.25) is 0 Å². The second-order valence-electron chi connectivity index (χ2n) is 4.36. The van der Waals surface area contributed by atoms with Crippen molar-refractivity contribution in [3.8, 4) is 0 Å². The molecular formula is C13H13F3N4. The smallest absolute Gasteiger partial charge is 0.271 e. The maximum Gasteiger partial charge on any atom is 0.416 e. The van der Waals surface area contributed by atoms with Crippen molar-refractivity contribution in [3.63, 3.8) is 0 Å². The first kappa shape index (κ1) is 14.4. The second-order valence-corrected chi connectivity index (χ2v) is 4.36. The summed E-state index contributed by atoms with van der Waals surface area (Å²) in [5.41, 5.74) is 2.98. The van der Waals surface area contributed by atoms with Gasteiger partial charge in [-0.2, -0.15) is 13.2 Å². The number of nitrogens with zero attached hydrogens (tertiary/aromatic N) is 2. The lowest BCUT2D eigenvalue weighted by molar-refractivity contribution is -0.138. The van der Waals surface area contributed by atoms with Crippen molar-refractivity contribution in [3.05, 3.63) is 59.2 Å². The summed E-state index contributed by atoms with van der Waals surface area (Å²) in [7, 11) is 0. The van der Waals surface area contributed by atoms with Gasteiger partial charge in [0, 0.05) is 30.4 Å². The van der Waals surface area contributed by atoms with Crippen molar-refractivity contribution >= 4 is 0 Å². The number of aromatic nitrogens is 2. The Labute approximate surface area is 113 Å². The van der Waals surface area contributed by atoms with Gasteiger partial charge < -0.3 is 0 Å². The fourth-order valence-corrected chi connectivity index (χ4v) is 2.00. The summed E-state index contributed by atoms with van der Waals surface area (Å²) in [4.78, 5) is 7.73. The molecule has 0 saturated heterocycles. The number of halogens is 3. The number of pyridine rings is 2. The summed E-state index contributed by atoms with van der Waals surface area (Å²) in [5, 5.41) is 0. The number of hydrogen-bond acceptors (Lipinski definition) is 4. The third-order valence-electron chi connectivity index (χ3n) is 2.86. The van der Waals surface area contributed by atoms with Crippen LogP contribution >= 0.6 is 0 Å². The molecule has 0 bridgehead atoms. The van der Waals surface area contributed by atoms with Crippen LogP contribution in [0.2, 0.25) is 0 Å². The number of hydrogen-bond donors (Lipinski definition) is 2. The zero-order valence-corrected chi connectivity index (χ0v) is 10.6. The average molecular weight is 282 g/mol. The van der Waals surface area contributed by atoms with Gasteiger partial charge in [-0.15, -0.1) is 0 Å². The first-order valence-corrected chi connectivity index (χ1v) is 5.82. The maximum atomic E-state index is 13.0. The Kier molecular flexibility index (Phi) is 4.01. The molecule has 0 aliphatic heterocycles. The van der Waals surface area contributed by atoms with E-state index in [0.717, 1.165) is 24.0 Å². The largest absolute Gasteiger partial charge is 0.416 e. The van der Waals surface area contributed by atoms with Crippen LogP contribution in [-0.4, -0.2) is 9.97 Å². The molecule has 3 N–H and O–H groups in total. The number of hydrazine groups is 1. The Morgan fingerprint density at radius 2 is 1.95 bits per heavy atom. The third-order valence-corrected chi connectivity index (χ3v) is 2.86. The van der Waals surface area contributed by atoms with E-state index >= 15 is 0 Å². The molecule has 7 heteroatoms. The Bertz CT molecular complexity index is 598. The van der Waals surface area contributed by atoms with Crippen LogP contribution in [0.3, 0.4) is 0 Å². The molecule has 1 atom stereocenters. The fourth-order valence-electron chi connectivity index (χ4n) is 2.00. The highest BCUT2D eigenvalue weighted by Crippen LogP contribution is 2.35. The predicted octanol–water partition coefficient (Wildman–Crippen LogP) is 2.36. The van der Waals surface area contributed by atoms with Crippen LogP contribution in [0.1, 0.15) is 28.3 Å². The van der Waals surface area contributed by atoms with Gasteiger partial charge in [0.15, 0.2) is 0 Å². The van der Waals surface area contributed by atoms with Gasteiger partial charge >= 0.3 is 6.18 Å². The number of aryl methyl sites for hydroxylation is 1. The van der Waals surface area contributed by atoms with Crippen molar-refractivity contribution in [1.82, 2.24) is 15.4 Å². The minimum absolute atomic E-state index is 0.0325. The zero-order valence-electron chi connectivity index (χ0n) is 10.6. The van der Waals surface area contributed by atoms with Crippen LogP contribution < -0.4 is 11.3 Å². The topological polar surface area (TPSA) is 63.8 Å². The van der Waals surface area contributed by atoms with E-state index in [-0.39, 0.29) is 5.56 Å². The number of alkyl halides is 3. The molecule has 0 aliphatic rings. The second kappa shape index (κ2) is 5.56. The van der Waals surface area contributed by atoms with Crippen LogP contribution in [0.15, 0.2) is 36.9 Å². The van der Waals surface area contributed by atoms with Crippen LogP contribution in [0.25, 0.3) is 0 Å². The Balaban J connectivity index is 2.53. The molecule has 2 aromatic heterocycles. The first-order chi connectivity index (χ1) is 9.43. The van der Waals surface area contributed by atoms with E-state index in [4.69, 9.17) is 5.84 Å². The van der Waals surface area contributed by atoms with E-state index in [1.54, 1.807) is 19.2 Å². The molecule has 20 heavy (non-hydrogen) atoms. The highest BCUT2D eigenvalue weighted by atomic mass is 19.4. The van der Waals surface area contributed by atoms with Crippen molar-refractivity contribution in [2.24, 2.45) is 5.84 Å². The zero-order chi connectivity index (χ0) is 14.8. The highest BCUT2D eigenvalue weighted by molar-refractivity contribution is 5.36. The Morgan fingerprint density at radius 1 is 1.20 bits per heavy atom. The van der Waals surface area contributed by atoms with Crippen LogP contribution in [0.5, 0.6) is 0 Å². The SMILES string of the molecule is Cc1cncc(C(NN)c2cnccc2C(F)(F)F)c1.